The number of aliphatic hydroxyl groups excluding tert-OH is 1. The van der Waals surface area contributed by atoms with Gasteiger partial charge >= 0.3 is 5.69 Å². The van der Waals surface area contributed by atoms with Gasteiger partial charge in [-0.3, -0.25) is 19.6 Å². The summed E-state index contributed by atoms with van der Waals surface area (Å²) in [5.41, 5.74) is 0.800. The number of nitrogens with zero attached hydrogens (tertiary/aromatic N) is 3. The van der Waals surface area contributed by atoms with E-state index in [0.29, 0.717) is 31.0 Å². The topological polar surface area (TPSA) is 122 Å². The number of carbonyl (C=O) groups is 1. The van der Waals surface area contributed by atoms with E-state index in [2.05, 4.69) is 15.7 Å². The fraction of sp³-hybridized carbons (Fsp3) is 0.692. The number of rotatable bonds is 6. The highest BCUT2D eigenvalue weighted by atomic mass is 16.6. The summed E-state index contributed by atoms with van der Waals surface area (Å²) in [6.45, 7) is 5.15. The van der Waals surface area contributed by atoms with Gasteiger partial charge in [0.15, 0.2) is 0 Å². The summed E-state index contributed by atoms with van der Waals surface area (Å²) in [6.07, 6.45) is -0.242. The zero-order chi connectivity index (χ0) is 16.3. The van der Waals surface area contributed by atoms with Gasteiger partial charge in [-0.15, -0.1) is 0 Å². The summed E-state index contributed by atoms with van der Waals surface area (Å²) in [5, 5.41) is 30.5. The zero-order valence-electron chi connectivity index (χ0n) is 12.7. The minimum atomic E-state index is -0.456. The van der Waals surface area contributed by atoms with E-state index in [4.69, 9.17) is 0 Å². The molecule has 2 atom stereocenters. The third-order valence-corrected chi connectivity index (χ3v) is 3.94. The molecule has 2 unspecified atom stereocenters. The smallest absolute Gasteiger partial charge is 0.312 e. The van der Waals surface area contributed by atoms with E-state index in [1.807, 2.05) is 0 Å². The standard InChI is InChI=1S/C13H21N5O4/c1-8-13(18(21)22)9(2)17(16-8)4-3-12(20)15-6-10-5-14-7-11(10)19/h10-11,14,19H,3-7H2,1-2H3,(H,15,20). The molecule has 1 aromatic heterocycles. The predicted molar refractivity (Wildman–Crippen MR) is 78.3 cm³/mol. The van der Waals surface area contributed by atoms with Crippen LogP contribution in [0, 0.1) is 29.9 Å². The van der Waals surface area contributed by atoms with Crippen LogP contribution in [0.5, 0.6) is 0 Å². The Hall–Kier alpha value is -2.00. The Bertz CT molecular complexity index is 571. The van der Waals surface area contributed by atoms with E-state index >= 15 is 0 Å². The molecular formula is C13H21N5O4. The Morgan fingerprint density at radius 1 is 1.55 bits per heavy atom. The summed E-state index contributed by atoms with van der Waals surface area (Å²) >= 11 is 0. The van der Waals surface area contributed by atoms with Gasteiger partial charge in [-0.2, -0.15) is 5.10 Å². The number of aliphatic hydroxyl groups is 1. The Balaban J connectivity index is 1.84. The highest BCUT2D eigenvalue weighted by Gasteiger charge is 2.25. The molecule has 1 saturated heterocycles. The molecule has 0 bridgehead atoms. The molecule has 0 spiro atoms. The Kier molecular flexibility index (Phi) is 5.09. The fourth-order valence-electron chi connectivity index (χ4n) is 2.64. The van der Waals surface area contributed by atoms with Gasteiger partial charge in [0.1, 0.15) is 11.4 Å². The first-order valence-electron chi connectivity index (χ1n) is 7.24. The van der Waals surface area contributed by atoms with Gasteiger partial charge in [0, 0.05) is 32.0 Å². The SMILES string of the molecule is Cc1nn(CCC(=O)NCC2CNCC2O)c(C)c1[N+](=O)[O-]. The van der Waals surface area contributed by atoms with E-state index in [1.165, 1.54) is 4.68 Å². The van der Waals surface area contributed by atoms with E-state index < -0.39 is 11.0 Å². The lowest BCUT2D eigenvalue weighted by molar-refractivity contribution is -0.386. The molecule has 0 aliphatic carbocycles. The van der Waals surface area contributed by atoms with Crippen LogP contribution < -0.4 is 10.6 Å². The number of β-amino-alcohol motifs (C(OH)–C–C–N with tert-alkyl or cyclic N) is 1. The van der Waals surface area contributed by atoms with Gasteiger partial charge in [0.25, 0.3) is 0 Å². The van der Waals surface area contributed by atoms with Crippen molar-refractivity contribution in [2.75, 3.05) is 19.6 Å². The van der Waals surface area contributed by atoms with Gasteiger partial charge in [0.2, 0.25) is 5.91 Å². The highest BCUT2D eigenvalue weighted by molar-refractivity contribution is 5.75. The molecular weight excluding hydrogens is 290 g/mol. The van der Waals surface area contributed by atoms with E-state index in [1.54, 1.807) is 13.8 Å². The molecule has 1 aliphatic heterocycles. The van der Waals surface area contributed by atoms with Crippen LogP contribution in [0.25, 0.3) is 0 Å². The average molecular weight is 311 g/mol. The molecule has 1 amide bonds. The number of aromatic nitrogens is 2. The molecule has 0 radical (unpaired) electrons. The molecule has 9 heteroatoms. The lowest BCUT2D eigenvalue weighted by atomic mass is 10.1. The first kappa shape index (κ1) is 16.4. The summed E-state index contributed by atoms with van der Waals surface area (Å²) in [4.78, 5) is 22.3. The third kappa shape index (κ3) is 3.60. The van der Waals surface area contributed by atoms with Crippen molar-refractivity contribution in [1.29, 1.82) is 0 Å². The van der Waals surface area contributed by atoms with Gasteiger partial charge in [-0.05, 0) is 13.8 Å². The number of nitrogens with one attached hydrogen (secondary N) is 2. The van der Waals surface area contributed by atoms with E-state index in [9.17, 15) is 20.0 Å². The largest absolute Gasteiger partial charge is 0.391 e. The van der Waals surface area contributed by atoms with Crippen LogP contribution in [0.3, 0.4) is 0 Å². The maximum Gasteiger partial charge on any atom is 0.312 e. The van der Waals surface area contributed by atoms with Crippen LogP contribution in [0.4, 0.5) is 5.69 Å². The van der Waals surface area contributed by atoms with Crippen molar-refractivity contribution < 1.29 is 14.8 Å². The quantitative estimate of drug-likeness (QED) is 0.480. The Morgan fingerprint density at radius 3 is 2.82 bits per heavy atom. The fourth-order valence-corrected chi connectivity index (χ4v) is 2.64. The molecule has 1 aromatic rings. The van der Waals surface area contributed by atoms with Crippen LogP contribution in [-0.2, 0) is 11.3 Å². The highest BCUT2D eigenvalue weighted by Crippen LogP contribution is 2.21. The van der Waals surface area contributed by atoms with Crippen LogP contribution in [0.2, 0.25) is 0 Å². The summed E-state index contributed by atoms with van der Waals surface area (Å²) in [5.74, 6) is -0.131. The van der Waals surface area contributed by atoms with Gasteiger partial charge < -0.3 is 15.7 Å². The second-order valence-electron chi connectivity index (χ2n) is 5.54. The summed E-state index contributed by atoms with van der Waals surface area (Å²) < 4.78 is 1.49. The van der Waals surface area contributed by atoms with E-state index in [0.717, 1.165) is 0 Å². The first-order valence-corrected chi connectivity index (χ1v) is 7.24. The molecule has 0 aromatic carbocycles. The molecule has 9 nitrogen and oxygen atoms in total. The lowest BCUT2D eigenvalue weighted by Gasteiger charge is -2.14. The molecule has 22 heavy (non-hydrogen) atoms. The van der Waals surface area contributed by atoms with Crippen molar-refractivity contribution >= 4 is 11.6 Å². The maximum absolute atomic E-state index is 11.8. The van der Waals surface area contributed by atoms with Crippen LogP contribution in [0.15, 0.2) is 0 Å². The second-order valence-corrected chi connectivity index (χ2v) is 5.54. The number of amides is 1. The van der Waals surface area contributed by atoms with Crippen molar-refractivity contribution in [3.8, 4) is 0 Å². The van der Waals surface area contributed by atoms with Crippen molar-refractivity contribution in [3.63, 3.8) is 0 Å². The lowest BCUT2D eigenvalue weighted by Crippen LogP contribution is -2.34. The van der Waals surface area contributed by atoms with Gasteiger partial charge in [-0.1, -0.05) is 0 Å². The minimum absolute atomic E-state index is 0.000519. The monoisotopic (exact) mass is 311 g/mol. The van der Waals surface area contributed by atoms with Crippen molar-refractivity contribution in [2.24, 2.45) is 5.92 Å². The maximum atomic E-state index is 11.8. The van der Waals surface area contributed by atoms with Crippen LogP contribution >= 0.6 is 0 Å². The minimum Gasteiger partial charge on any atom is -0.391 e. The molecule has 2 rings (SSSR count). The van der Waals surface area contributed by atoms with Crippen molar-refractivity contribution in [2.45, 2.75) is 32.9 Å². The van der Waals surface area contributed by atoms with Crippen LogP contribution in [-0.4, -0.2) is 51.5 Å². The number of hydrogen-bond donors (Lipinski definition) is 3. The molecule has 2 heterocycles. The number of aryl methyl sites for hydroxylation is 2. The van der Waals surface area contributed by atoms with Crippen LogP contribution in [0.1, 0.15) is 17.8 Å². The van der Waals surface area contributed by atoms with Gasteiger partial charge in [-0.25, -0.2) is 0 Å². The second kappa shape index (κ2) is 6.84. The van der Waals surface area contributed by atoms with Crippen molar-refractivity contribution in [3.05, 3.63) is 21.5 Å². The Labute approximate surface area is 127 Å². The molecule has 0 saturated carbocycles. The molecule has 1 aliphatic rings. The van der Waals surface area contributed by atoms with Crippen molar-refractivity contribution in [1.82, 2.24) is 20.4 Å². The normalized spacial score (nSPS) is 21.0. The Morgan fingerprint density at radius 2 is 2.27 bits per heavy atom. The van der Waals surface area contributed by atoms with E-state index in [-0.39, 0.29) is 30.5 Å². The predicted octanol–water partition coefficient (Wildman–Crippen LogP) is -0.505. The third-order valence-electron chi connectivity index (χ3n) is 3.94. The van der Waals surface area contributed by atoms with Gasteiger partial charge in [0.05, 0.1) is 17.6 Å². The number of carbonyl (C=O) groups excluding carboxylic acids is 1. The molecule has 1 fully saturated rings. The number of hydrogen-bond acceptors (Lipinski definition) is 6. The average Bonchev–Trinajstić information content (AvgIpc) is 2.97. The molecule has 122 valence electrons. The zero-order valence-corrected chi connectivity index (χ0v) is 12.7. The molecule has 3 N–H and O–H groups in total. The summed E-state index contributed by atoms with van der Waals surface area (Å²) in [6, 6.07) is 0. The summed E-state index contributed by atoms with van der Waals surface area (Å²) in [7, 11) is 0. The first-order chi connectivity index (χ1) is 10.4. The number of nitro groups is 1.